The molecule has 45 heavy (non-hydrogen) atoms. The van der Waals surface area contributed by atoms with Gasteiger partial charge in [-0.2, -0.15) is 13.5 Å². The third-order valence-corrected chi connectivity index (χ3v) is 8.87. The number of aryl methyl sites for hydroxylation is 1. The highest BCUT2D eigenvalue weighted by atomic mass is 35.5. The van der Waals surface area contributed by atoms with Gasteiger partial charge >= 0.3 is 0 Å². The van der Waals surface area contributed by atoms with Crippen molar-refractivity contribution in [1.29, 1.82) is 0 Å². The second kappa shape index (κ2) is 15.9. The number of carbonyl (C=O) groups is 2. The average Bonchev–Trinajstić information content (AvgIpc) is 3.01. The molecule has 1 aromatic heterocycles. The molecule has 2 heterocycles. The van der Waals surface area contributed by atoms with Crippen molar-refractivity contribution in [2.24, 2.45) is 0 Å². The number of piperidine rings is 1. The topological polar surface area (TPSA) is 134 Å². The highest BCUT2D eigenvalue weighted by molar-refractivity contribution is 7.89. The number of nitrogens with one attached hydrogen (secondary N) is 2. The van der Waals surface area contributed by atoms with E-state index in [9.17, 15) is 31.2 Å². The van der Waals surface area contributed by atoms with Crippen LogP contribution in [-0.2, 0) is 26.0 Å². The number of hydrogen-bond acceptors (Lipinski definition) is 6. The van der Waals surface area contributed by atoms with Crippen LogP contribution in [0.2, 0.25) is 0 Å². The van der Waals surface area contributed by atoms with Crippen LogP contribution in [0.5, 0.6) is 0 Å². The number of para-hydroxylation sites is 1. The summed E-state index contributed by atoms with van der Waals surface area (Å²) in [6, 6.07) is 12.0. The lowest BCUT2D eigenvalue weighted by molar-refractivity contribution is -0.133. The molecule has 2 aromatic carbocycles. The summed E-state index contributed by atoms with van der Waals surface area (Å²) in [4.78, 5) is 31.5. The summed E-state index contributed by atoms with van der Waals surface area (Å²) < 4.78 is 70.7. The fraction of sp³-hybridized carbons (Fsp3) is 0.323. The summed E-state index contributed by atoms with van der Waals surface area (Å²) in [5, 5.41) is 2.63. The van der Waals surface area contributed by atoms with E-state index in [-0.39, 0.29) is 72.9 Å². The van der Waals surface area contributed by atoms with Gasteiger partial charge in [0.1, 0.15) is 16.8 Å². The number of aromatic nitrogens is 1. The summed E-state index contributed by atoms with van der Waals surface area (Å²) in [5.74, 6) is -1.56. The summed E-state index contributed by atoms with van der Waals surface area (Å²) in [7, 11) is -4.46. The lowest BCUT2D eigenvalue weighted by Gasteiger charge is -2.31. The van der Waals surface area contributed by atoms with Gasteiger partial charge in [-0.25, -0.2) is 12.8 Å². The maximum absolute atomic E-state index is 14.1. The minimum absolute atomic E-state index is 0. The molecule has 0 radical (unpaired) electrons. The van der Waals surface area contributed by atoms with Gasteiger partial charge in [-0.05, 0) is 73.6 Å². The van der Waals surface area contributed by atoms with Gasteiger partial charge in [-0.15, -0.1) is 12.4 Å². The van der Waals surface area contributed by atoms with Crippen LogP contribution in [0.25, 0.3) is 11.1 Å². The first kappa shape index (κ1) is 35.5. The standard InChI is InChI=1S/C31H34F3N5O4S.ClH/c1-2-28(40)37-29-25(21-6-3-7-22(32)18-21)9-5-11-27(29)44(42,43)38-26(10-4-8-24-13-12-23(35)19-36-24)31(41)39-16-14-20(15-17-39)30(33)34;/h3,5-7,9,11-13,18-19,26,38H,2,4,8,10,14-17,35H2,1H3,(H,37,40);1H. The number of likely N-dealkylation sites (tertiary alicyclic amines) is 1. The molecule has 0 aliphatic carbocycles. The summed E-state index contributed by atoms with van der Waals surface area (Å²) in [5.41, 5.74) is 7.43. The van der Waals surface area contributed by atoms with E-state index in [1.807, 2.05) is 0 Å². The number of anilines is 2. The van der Waals surface area contributed by atoms with Gasteiger partial charge in [0.25, 0.3) is 6.08 Å². The number of hydrogen-bond donors (Lipinski definition) is 3. The van der Waals surface area contributed by atoms with E-state index >= 15 is 0 Å². The van der Waals surface area contributed by atoms with E-state index in [0.29, 0.717) is 29.8 Å². The Labute approximate surface area is 266 Å². The molecular weight excluding hydrogens is 631 g/mol. The minimum atomic E-state index is -4.46. The van der Waals surface area contributed by atoms with Crippen molar-refractivity contribution in [2.75, 3.05) is 24.1 Å². The van der Waals surface area contributed by atoms with Gasteiger partial charge in [-0.1, -0.05) is 31.2 Å². The van der Waals surface area contributed by atoms with Crippen LogP contribution in [0, 0.1) is 5.82 Å². The number of amides is 2. The molecule has 242 valence electrons. The Balaban J connectivity index is 0.00000552. The lowest BCUT2D eigenvalue weighted by Crippen LogP contribution is -2.50. The average molecular weight is 666 g/mol. The number of pyridine rings is 1. The highest BCUT2D eigenvalue weighted by Gasteiger charge is 2.33. The van der Waals surface area contributed by atoms with Crippen molar-refractivity contribution in [2.45, 2.75) is 56.4 Å². The number of nitrogens with zero attached hydrogens (tertiary/aromatic N) is 2. The van der Waals surface area contributed by atoms with Crippen LogP contribution in [0.1, 0.15) is 44.7 Å². The molecule has 1 saturated heterocycles. The zero-order valence-electron chi connectivity index (χ0n) is 24.6. The van der Waals surface area contributed by atoms with Gasteiger partial charge in [0.15, 0.2) is 0 Å². The predicted molar refractivity (Wildman–Crippen MR) is 169 cm³/mol. The Hall–Kier alpha value is -3.94. The molecule has 9 nitrogen and oxygen atoms in total. The predicted octanol–water partition coefficient (Wildman–Crippen LogP) is 5.68. The van der Waals surface area contributed by atoms with Crippen LogP contribution < -0.4 is 15.8 Å². The zero-order chi connectivity index (χ0) is 31.9. The van der Waals surface area contributed by atoms with Crippen molar-refractivity contribution in [1.82, 2.24) is 14.6 Å². The summed E-state index contributed by atoms with van der Waals surface area (Å²) in [6.07, 6.45) is 0.662. The van der Waals surface area contributed by atoms with Crippen LogP contribution in [0.3, 0.4) is 0 Å². The van der Waals surface area contributed by atoms with E-state index < -0.39 is 39.8 Å². The van der Waals surface area contributed by atoms with Gasteiger partial charge in [0.05, 0.1) is 17.6 Å². The fourth-order valence-corrected chi connectivity index (χ4v) is 6.38. The monoisotopic (exact) mass is 665 g/mol. The van der Waals surface area contributed by atoms with Crippen molar-refractivity contribution in [3.63, 3.8) is 0 Å². The summed E-state index contributed by atoms with van der Waals surface area (Å²) >= 11 is 0. The number of rotatable bonds is 11. The largest absolute Gasteiger partial charge is 0.397 e. The Morgan fingerprint density at radius 3 is 2.40 bits per heavy atom. The van der Waals surface area contributed by atoms with E-state index in [0.717, 1.165) is 0 Å². The second-order valence-electron chi connectivity index (χ2n) is 10.4. The molecule has 4 rings (SSSR count). The summed E-state index contributed by atoms with van der Waals surface area (Å²) in [6.45, 7) is 1.65. The first-order valence-corrected chi connectivity index (χ1v) is 15.7. The molecule has 0 spiro atoms. The Morgan fingerprint density at radius 1 is 1.07 bits per heavy atom. The first-order chi connectivity index (χ1) is 21.0. The number of nitrogens with two attached hydrogens (primary N) is 1. The van der Waals surface area contributed by atoms with Crippen molar-refractivity contribution >= 4 is 45.6 Å². The van der Waals surface area contributed by atoms with E-state index in [4.69, 9.17) is 5.73 Å². The van der Waals surface area contributed by atoms with Crippen LogP contribution in [0.4, 0.5) is 24.5 Å². The molecule has 14 heteroatoms. The molecule has 1 unspecified atom stereocenters. The van der Waals surface area contributed by atoms with Crippen LogP contribution in [0.15, 0.2) is 77.3 Å². The normalized spacial score (nSPS) is 14.0. The first-order valence-electron chi connectivity index (χ1n) is 14.2. The van der Waals surface area contributed by atoms with Crippen molar-refractivity contribution in [3.05, 3.63) is 84.0 Å². The maximum Gasteiger partial charge on any atom is 0.269 e. The molecule has 0 bridgehead atoms. The Bertz CT molecular complexity index is 1640. The number of halogens is 4. The molecule has 4 N–H and O–H groups in total. The SMILES string of the molecule is CCC(=O)Nc1c(-c2cccc(F)c2)cccc1S(=O)(=O)NC(CCCc1ccc(N)cn1)C(=O)N1CCC(=C(F)F)CC1.Cl. The molecule has 3 aromatic rings. The van der Waals surface area contributed by atoms with Crippen molar-refractivity contribution < 1.29 is 31.2 Å². The lowest BCUT2D eigenvalue weighted by atomic mass is 10.0. The van der Waals surface area contributed by atoms with Gasteiger partial charge in [0.2, 0.25) is 21.8 Å². The number of nitrogen functional groups attached to an aromatic ring is 1. The Morgan fingerprint density at radius 2 is 1.78 bits per heavy atom. The third kappa shape index (κ3) is 9.28. The van der Waals surface area contributed by atoms with Gasteiger partial charge in [0, 0.05) is 30.8 Å². The van der Waals surface area contributed by atoms with E-state index in [1.165, 1.54) is 41.4 Å². The smallest absolute Gasteiger partial charge is 0.269 e. The minimum Gasteiger partial charge on any atom is -0.397 e. The second-order valence-corrected chi connectivity index (χ2v) is 12.1. The zero-order valence-corrected chi connectivity index (χ0v) is 26.2. The molecule has 1 fully saturated rings. The molecule has 2 amide bonds. The molecule has 1 aliphatic rings. The molecule has 0 saturated carbocycles. The molecule has 1 aliphatic heterocycles. The van der Waals surface area contributed by atoms with Gasteiger partial charge in [-0.3, -0.25) is 14.6 Å². The Kier molecular flexibility index (Phi) is 12.5. The molecular formula is C31H35ClF3N5O4S. The number of carbonyl (C=O) groups excluding carboxylic acids is 2. The highest BCUT2D eigenvalue weighted by Crippen LogP contribution is 2.34. The van der Waals surface area contributed by atoms with E-state index in [1.54, 1.807) is 31.2 Å². The number of benzene rings is 2. The fourth-order valence-electron chi connectivity index (χ4n) is 4.97. The van der Waals surface area contributed by atoms with Crippen LogP contribution in [-0.4, -0.2) is 49.2 Å². The van der Waals surface area contributed by atoms with E-state index in [2.05, 4.69) is 15.0 Å². The van der Waals surface area contributed by atoms with Crippen molar-refractivity contribution in [3.8, 4) is 11.1 Å². The van der Waals surface area contributed by atoms with Gasteiger partial charge < -0.3 is 16.0 Å². The number of sulfonamides is 1. The third-order valence-electron chi connectivity index (χ3n) is 7.35. The molecule has 1 atom stereocenters. The maximum atomic E-state index is 14.1. The quantitative estimate of drug-likeness (QED) is 0.241. The van der Waals surface area contributed by atoms with Crippen LogP contribution >= 0.6 is 12.4 Å².